The van der Waals surface area contributed by atoms with Crippen molar-refractivity contribution < 1.29 is 4.74 Å². The van der Waals surface area contributed by atoms with Gasteiger partial charge in [-0.3, -0.25) is 0 Å². The van der Waals surface area contributed by atoms with E-state index in [1.165, 1.54) is 25.7 Å². The molecule has 0 bridgehead atoms. The summed E-state index contributed by atoms with van der Waals surface area (Å²) in [5.41, 5.74) is 0. The number of thiocarbonyl (C=S) groups is 1. The molecule has 0 aromatic rings. The Balaban J connectivity index is 2.13. The molecule has 0 radical (unpaired) electrons. The van der Waals surface area contributed by atoms with Gasteiger partial charge in [-0.2, -0.15) is 0 Å². The largest absolute Gasteiger partial charge is 0.383 e. The van der Waals surface area contributed by atoms with E-state index < -0.39 is 0 Å². The molecule has 1 fully saturated rings. The van der Waals surface area contributed by atoms with Crippen LogP contribution in [-0.4, -0.2) is 31.4 Å². The van der Waals surface area contributed by atoms with Crippen LogP contribution in [0.3, 0.4) is 0 Å². The predicted octanol–water partition coefficient (Wildman–Crippen LogP) is 1.68. The van der Waals surface area contributed by atoms with Crippen LogP contribution in [-0.2, 0) is 4.74 Å². The quantitative estimate of drug-likeness (QED) is 0.569. The summed E-state index contributed by atoms with van der Waals surface area (Å²) in [6.45, 7) is 3.79. The smallest absolute Gasteiger partial charge is 0.166 e. The lowest BCUT2D eigenvalue weighted by molar-refractivity contribution is 0.203. The third-order valence-electron chi connectivity index (χ3n) is 2.86. The molecule has 2 unspecified atom stereocenters. The van der Waals surface area contributed by atoms with E-state index in [4.69, 9.17) is 17.0 Å². The molecular formula is C11H22N2OS. The van der Waals surface area contributed by atoms with Gasteiger partial charge in [0.05, 0.1) is 6.61 Å². The fourth-order valence-corrected chi connectivity index (χ4v) is 2.34. The maximum absolute atomic E-state index is 5.21. The molecule has 1 aliphatic carbocycles. The summed E-state index contributed by atoms with van der Waals surface area (Å²) in [5, 5.41) is 7.28. The van der Waals surface area contributed by atoms with E-state index in [1.54, 1.807) is 7.11 Å². The molecule has 1 saturated carbocycles. The van der Waals surface area contributed by atoms with Crippen molar-refractivity contribution >= 4 is 17.3 Å². The SMILES string of the molecule is COCCNC(=S)NC1CCCC(C)C1. The van der Waals surface area contributed by atoms with Crippen LogP contribution in [0.5, 0.6) is 0 Å². The van der Waals surface area contributed by atoms with Crippen molar-refractivity contribution in [3.05, 3.63) is 0 Å². The summed E-state index contributed by atoms with van der Waals surface area (Å²) in [5.74, 6) is 0.832. The first-order valence-electron chi connectivity index (χ1n) is 5.75. The van der Waals surface area contributed by atoms with Crippen LogP contribution in [0.25, 0.3) is 0 Å². The van der Waals surface area contributed by atoms with Gasteiger partial charge < -0.3 is 15.4 Å². The second-order valence-electron chi connectivity index (χ2n) is 4.36. The standard InChI is InChI=1S/C11H22N2OS/c1-9-4-3-5-10(8-9)13-11(15)12-6-7-14-2/h9-10H,3-8H2,1-2H3,(H2,12,13,15). The number of ether oxygens (including phenoxy) is 1. The van der Waals surface area contributed by atoms with Gasteiger partial charge in [0.1, 0.15) is 0 Å². The first-order valence-corrected chi connectivity index (χ1v) is 6.16. The normalized spacial score (nSPS) is 26.0. The van der Waals surface area contributed by atoms with Gasteiger partial charge in [0.25, 0.3) is 0 Å². The molecule has 0 spiro atoms. The van der Waals surface area contributed by atoms with Gasteiger partial charge in [-0.1, -0.05) is 19.8 Å². The molecule has 1 aliphatic rings. The highest BCUT2D eigenvalue weighted by molar-refractivity contribution is 7.80. The molecule has 0 aromatic carbocycles. The van der Waals surface area contributed by atoms with E-state index in [0.29, 0.717) is 12.6 Å². The Morgan fingerprint density at radius 3 is 2.93 bits per heavy atom. The molecule has 0 aromatic heterocycles. The monoisotopic (exact) mass is 230 g/mol. The van der Waals surface area contributed by atoms with Crippen molar-refractivity contribution in [2.45, 2.75) is 38.6 Å². The zero-order chi connectivity index (χ0) is 11.1. The second-order valence-corrected chi connectivity index (χ2v) is 4.77. The topological polar surface area (TPSA) is 33.3 Å². The summed E-state index contributed by atoms with van der Waals surface area (Å²) in [7, 11) is 1.70. The van der Waals surface area contributed by atoms with E-state index in [0.717, 1.165) is 17.6 Å². The summed E-state index contributed by atoms with van der Waals surface area (Å²) in [6.07, 6.45) is 5.17. The molecule has 0 heterocycles. The van der Waals surface area contributed by atoms with Crippen molar-refractivity contribution in [3.63, 3.8) is 0 Å². The van der Waals surface area contributed by atoms with E-state index in [-0.39, 0.29) is 0 Å². The van der Waals surface area contributed by atoms with Crippen LogP contribution in [0.4, 0.5) is 0 Å². The lowest BCUT2D eigenvalue weighted by Gasteiger charge is -2.28. The van der Waals surface area contributed by atoms with Crippen molar-refractivity contribution in [1.29, 1.82) is 0 Å². The third-order valence-corrected chi connectivity index (χ3v) is 3.13. The third kappa shape index (κ3) is 5.33. The van der Waals surface area contributed by atoms with E-state index in [9.17, 15) is 0 Å². The van der Waals surface area contributed by atoms with Crippen LogP contribution in [0.2, 0.25) is 0 Å². The number of nitrogens with one attached hydrogen (secondary N) is 2. The minimum Gasteiger partial charge on any atom is -0.383 e. The minimum atomic E-state index is 0.566. The molecule has 3 nitrogen and oxygen atoms in total. The molecule has 15 heavy (non-hydrogen) atoms. The predicted molar refractivity (Wildman–Crippen MR) is 67.0 cm³/mol. The van der Waals surface area contributed by atoms with Crippen LogP contribution in [0.15, 0.2) is 0 Å². The summed E-state index contributed by atoms with van der Waals surface area (Å²) in [6, 6.07) is 0.566. The fraction of sp³-hybridized carbons (Fsp3) is 0.909. The number of hydrogen-bond donors (Lipinski definition) is 2. The van der Waals surface area contributed by atoms with Crippen LogP contribution >= 0.6 is 12.2 Å². The lowest BCUT2D eigenvalue weighted by atomic mass is 9.87. The maximum Gasteiger partial charge on any atom is 0.166 e. The first-order chi connectivity index (χ1) is 7.22. The zero-order valence-electron chi connectivity index (χ0n) is 9.71. The Hall–Kier alpha value is -0.350. The van der Waals surface area contributed by atoms with Crippen LogP contribution in [0, 0.1) is 5.92 Å². The molecular weight excluding hydrogens is 208 g/mol. The van der Waals surface area contributed by atoms with Crippen molar-refractivity contribution in [2.75, 3.05) is 20.3 Å². The van der Waals surface area contributed by atoms with Gasteiger partial charge in [0, 0.05) is 19.7 Å². The molecule has 2 atom stereocenters. The molecule has 1 rings (SSSR count). The van der Waals surface area contributed by atoms with Crippen molar-refractivity contribution in [2.24, 2.45) is 5.92 Å². The summed E-state index contributed by atoms with van der Waals surface area (Å²) < 4.78 is 4.95. The Morgan fingerprint density at radius 2 is 2.27 bits per heavy atom. The van der Waals surface area contributed by atoms with Gasteiger partial charge in [-0.25, -0.2) is 0 Å². The highest BCUT2D eigenvalue weighted by Gasteiger charge is 2.18. The second kappa shape index (κ2) is 7.01. The average molecular weight is 230 g/mol. The lowest BCUT2D eigenvalue weighted by Crippen LogP contribution is -2.44. The number of methoxy groups -OCH3 is 1. The molecule has 0 amide bonds. The molecule has 88 valence electrons. The average Bonchev–Trinajstić information content (AvgIpc) is 2.18. The van der Waals surface area contributed by atoms with Crippen LogP contribution in [0.1, 0.15) is 32.6 Å². The van der Waals surface area contributed by atoms with E-state index >= 15 is 0 Å². The molecule has 0 saturated heterocycles. The Kier molecular flexibility index (Phi) is 5.95. The molecule has 2 N–H and O–H groups in total. The van der Waals surface area contributed by atoms with E-state index in [2.05, 4.69) is 17.6 Å². The highest BCUT2D eigenvalue weighted by atomic mass is 32.1. The Morgan fingerprint density at radius 1 is 1.47 bits per heavy atom. The Bertz CT molecular complexity index is 199. The van der Waals surface area contributed by atoms with E-state index in [1.807, 2.05) is 0 Å². The molecule has 4 heteroatoms. The van der Waals surface area contributed by atoms with Gasteiger partial charge >= 0.3 is 0 Å². The number of rotatable bonds is 4. The highest BCUT2D eigenvalue weighted by Crippen LogP contribution is 2.23. The molecule has 0 aliphatic heterocycles. The van der Waals surface area contributed by atoms with Gasteiger partial charge in [0.15, 0.2) is 5.11 Å². The summed E-state index contributed by atoms with van der Waals surface area (Å²) in [4.78, 5) is 0. The first kappa shape index (κ1) is 12.7. The van der Waals surface area contributed by atoms with Crippen LogP contribution < -0.4 is 10.6 Å². The van der Waals surface area contributed by atoms with Gasteiger partial charge in [0.2, 0.25) is 0 Å². The Labute approximate surface area is 98.0 Å². The minimum absolute atomic E-state index is 0.566. The maximum atomic E-state index is 5.21. The van der Waals surface area contributed by atoms with Crippen molar-refractivity contribution in [1.82, 2.24) is 10.6 Å². The summed E-state index contributed by atoms with van der Waals surface area (Å²) >= 11 is 5.21. The van der Waals surface area contributed by atoms with Crippen molar-refractivity contribution in [3.8, 4) is 0 Å². The van der Waals surface area contributed by atoms with Gasteiger partial charge in [-0.05, 0) is 31.0 Å². The fourth-order valence-electron chi connectivity index (χ4n) is 2.07. The zero-order valence-corrected chi connectivity index (χ0v) is 10.5. The number of hydrogen-bond acceptors (Lipinski definition) is 2. The van der Waals surface area contributed by atoms with Gasteiger partial charge in [-0.15, -0.1) is 0 Å².